The number of halogens is 1. The Morgan fingerprint density at radius 2 is 1.65 bits per heavy atom. The summed E-state index contributed by atoms with van der Waals surface area (Å²) in [6.45, 7) is 7.26. The molecule has 1 rings (SSSR count). The minimum Gasteiger partial charge on any atom is -0.348 e. The molecule has 1 atom stereocenters. The SMILES string of the molecule is C[C@H](C(=O)N(C)C)S(=O)(=O)N(CC(C)(C)C)c1ccc(F)cc1. The molecule has 7 heteroatoms. The third kappa shape index (κ3) is 4.92. The van der Waals surface area contributed by atoms with E-state index >= 15 is 0 Å². The number of hydrogen-bond donors (Lipinski definition) is 0. The van der Waals surface area contributed by atoms with E-state index < -0.39 is 27.0 Å². The molecule has 0 saturated carbocycles. The summed E-state index contributed by atoms with van der Waals surface area (Å²) in [6, 6.07) is 5.23. The van der Waals surface area contributed by atoms with Crippen molar-refractivity contribution in [2.75, 3.05) is 24.9 Å². The van der Waals surface area contributed by atoms with E-state index in [1.165, 1.54) is 54.5 Å². The van der Waals surface area contributed by atoms with E-state index in [0.717, 1.165) is 0 Å². The van der Waals surface area contributed by atoms with Crippen molar-refractivity contribution in [2.24, 2.45) is 5.41 Å². The van der Waals surface area contributed by atoms with E-state index in [1.54, 1.807) is 0 Å². The quantitative estimate of drug-likeness (QED) is 0.824. The van der Waals surface area contributed by atoms with Crippen LogP contribution in [-0.4, -0.2) is 45.1 Å². The van der Waals surface area contributed by atoms with Gasteiger partial charge in [-0.1, -0.05) is 20.8 Å². The van der Waals surface area contributed by atoms with E-state index in [4.69, 9.17) is 0 Å². The molecular weight excluding hydrogens is 319 g/mol. The molecule has 1 aromatic carbocycles. The van der Waals surface area contributed by atoms with Crippen LogP contribution in [0.15, 0.2) is 24.3 Å². The van der Waals surface area contributed by atoms with E-state index in [9.17, 15) is 17.6 Å². The number of anilines is 1. The molecular formula is C16H25FN2O3S. The van der Waals surface area contributed by atoms with Gasteiger partial charge >= 0.3 is 0 Å². The zero-order valence-electron chi connectivity index (χ0n) is 14.5. The highest BCUT2D eigenvalue weighted by atomic mass is 32.2. The molecule has 5 nitrogen and oxygen atoms in total. The first kappa shape index (κ1) is 19.4. The lowest BCUT2D eigenvalue weighted by Crippen LogP contribution is -2.47. The molecule has 0 bridgehead atoms. The molecule has 0 saturated heterocycles. The third-order valence-corrected chi connectivity index (χ3v) is 5.32. The lowest BCUT2D eigenvalue weighted by Gasteiger charge is -2.33. The van der Waals surface area contributed by atoms with E-state index in [-0.39, 0.29) is 12.0 Å². The monoisotopic (exact) mass is 344 g/mol. The number of sulfonamides is 1. The summed E-state index contributed by atoms with van der Waals surface area (Å²) in [5, 5.41) is -1.22. The average molecular weight is 344 g/mol. The summed E-state index contributed by atoms with van der Waals surface area (Å²) in [4.78, 5) is 13.4. The Hall–Kier alpha value is -1.63. The van der Waals surface area contributed by atoms with Gasteiger partial charge in [-0.05, 0) is 36.6 Å². The molecule has 0 N–H and O–H groups in total. The molecule has 0 unspecified atom stereocenters. The highest BCUT2D eigenvalue weighted by Crippen LogP contribution is 2.27. The van der Waals surface area contributed by atoms with Crippen LogP contribution in [0.1, 0.15) is 27.7 Å². The maximum Gasteiger partial charge on any atom is 0.246 e. The van der Waals surface area contributed by atoms with E-state index in [0.29, 0.717) is 5.69 Å². The number of benzene rings is 1. The van der Waals surface area contributed by atoms with Crippen molar-refractivity contribution in [3.05, 3.63) is 30.1 Å². The smallest absolute Gasteiger partial charge is 0.246 e. The molecule has 130 valence electrons. The number of nitrogens with zero attached hydrogens (tertiary/aromatic N) is 2. The van der Waals surface area contributed by atoms with Gasteiger partial charge in [-0.2, -0.15) is 0 Å². The Labute approximate surface area is 138 Å². The maximum absolute atomic E-state index is 13.1. The van der Waals surface area contributed by atoms with Crippen molar-refractivity contribution in [3.63, 3.8) is 0 Å². The topological polar surface area (TPSA) is 57.7 Å². The van der Waals surface area contributed by atoms with Gasteiger partial charge in [-0.15, -0.1) is 0 Å². The van der Waals surface area contributed by atoms with Gasteiger partial charge in [0.15, 0.2) is 5.25 Å². The molecule has 0 aliphatic carbocycles. The fraction of sp³-hybridized carbons (Fsp3) is 0.562. The minimum absolute atomic E-state index is 0.187. The van der Waals surface area contributed by atoms with Gasteiger partial charge in [0.1, 0.15) is 5.82 Å². The lowest BCUT2D eigenvalue weighted by molar-refractivity contribution is -0.127. The summed E-state index contributed by atoms with van der Waals surface area (Å²) in [5.74, 6) is -0.940. The van der Waals surface area contributed by atoms with Crippen LogP contribution in [0.4, 0.5) is 10.1 Å². The van der Waals surface area contributed by atoms with Crippen LogP contribution in [0.25, 0.3) is 0 Å². The van der Waals surface area contributed by atoms with Crippen LogP contribution in [0.3, 0.4) is 0 Å². The first-order chi connectivity index (χ1) is 10.4. The second kappa shape index (κ2) is 6.86. The van der Waals surface area contributed by atoms with Crippen molar-refractivity contribution in [2.45, 2.75) is 32.9 Å². The lowest BCUT2D eigenvalue weighted by atomic mass is 9.97. The fourth-order valence-corrected chi connectivity index (χ4v) is 3.88. The van der Waals surface area contributed by atoms with Crippen molar-refractivity contribution in [3.8, 4) is 0 Å². The summed E-state index contributed by atoms with van der Waals surface area (Å²) >= 11 is 0. The molecule has 0 spiro atoms. The summed E-state index contributed by atoms with van der Waals surface area (Å²) in [6.07, 6.45) is 0. The molecule has 1 aromatic rings. The zero-order chi connectivity index (χ0) is 18.0. The highest BCUT2D eigenvalue weighted by molar-refractivity contribution is 7.94. The second-order valence-electron chi connectivity index (χ2n) is 6.96. The van der Waals surface area contributed by atoms with Gasteiger partial charge < -0.3 is 4.90 Å². The molecule has 0 radical (unpaired) electrons. The standard InChI is InChI=1S/C16H25FN2O3S/c1-12(15(20)18(5)6)23(21,22)19(11-16(2,3)4)14-9-7-13(17)8-10-14/h7-10,12H,11H2,1-6H3/t12-/m1/s1. The van der Waals surface area contributed by atoms with Crippen LogP contribution >= 0.6 is 0 Å². The molecule has 0 aliphatic heterocycles. The number of hydrogen-bond acceptors (Lipinski definition) is 3. The van der Waals surface area contributed by atoms with Crippen molar-refractivity contribution in [1.29, 1.82) is 0 Å². The van der Waals surface area contributed by atoms with Gasteiger partial charge in [-0.3, -0.25) is 9.10 Å². The van der Waals surface area contributed by atoms with Gasteiger partial charge in [-0.25, -0.2) is 12.8 Å². The molecule has 0 aliphatic rings. The molecule has 0 fully saturated rings. The predicted molar refractivity (Wildman–Crippen MR) is 90.3 cm³/mol. The number of carbonyl (C=O) groups excluding carboxylic acids is 1. The van der Waals surface area contributed by atoms with Crippen LogP contribution < -0.4 is 4.31 Å². The largest absolute Gasteiger partial charge is 0.348 e. The third-order valence-electron chi connectivity index (χ3n) is 3.28. The Bertz CT molecular complexity index is 649. The van der Waals surface area contributed by atoms with Gasteiger partial charge in [0.2, 0.25) is 15.9 Å². The van der Waals surface area contributed by atoms with Crippen molar-refractivity contribution < 1.29 is 17.6 Å². The van der Waals surface area contributed by atoms with Gasteiger partial charge in [0, 0.05) is 20.6 Å². The molecule has 23 heavy (non-hydrogen) atoms. The predicted octanol–water partition coefficient (Wildman–Crippen LogP) is 2.48. The first-order valence-corrected chi connectivity index (χ1v) is 8.85. The number of carbonyl (C=O) groups is 1. The summed E-state index contributed by atoms with van der Waals surface area (Å²) in [7, 11) is -0.896. The van der Waals surface area contributed by atoms with E-state index in [2.05, 4.69) is 0 Å². The first-order valence-electron chi connectivity index (χ1n) is 7.34. The van der Waals surface area contributed by atoms with Crippen LogP contribution in [0.5, 0.6) is 0 Å². The van der Waals surface area contributed by atoms with Crippen molar-refractivity contribution >= 4 is 21.6 Å². The fourth-order valence-electron chi connectivity index (χ4n) is 2.05. The normalized spacial score (nSPS) is 13.5. The Kier molecular flexibility index (Phi) is 5.79. The van der Waals surface area contributed by atoms with Crippen LogP contribution in [0.2, 0.25) is 0 Å². The van der Waals surface area contributed by atoms with Gasteiger partial charge in [0.25, 0.3) is 0 Å². The zero-order valence-corrected chi connectivity index (χ0v) is 15.3. The molecule has 0 heterocycles. The van der Waals surface area contributed by atoms with Crippen LogP contribution in [0, 0.1) is 11.2 Å². The Morgan fingerprint density at radius 3 is 2.04 bits per heavy atom. The Morgan fingerprint density at radius 1 is 1.17 bits per heavy atom. The number of amides is 1. The average Bonchev–Trinajstić information content (AvgIpc) is 2.43. The molecule has 1 amide bonds. The van der Waals surface area contributed by atoms with Crippen LogP contribution in [-0.2, 0) is 14.8 Å². The van der Waals surface area contributed by atoms with Crippen molar-refractivity contribution in [1.82, 2.24) is 4.90 Å². The summed E-state index contributed by atoms with van der Waals surface area (Å²) in [5.41, 5.74) is 0.0160. The Balaban J connectivity index is 3.33. The minimum atomic E-state index is -3.92. The number of rotatable bonds is 5. The highest BCUT2D eigenvalue weighted by Gasteiger charge is 2.36. The second-order valence-corrected chi connectivity index (χ2v) is 9.14. The van der Waals surface area contributed by atoms with E-state index in [1.807, 2.05) is 20.8 Å². The summed E-state index contributed by atoms with van der Waals surface area (Å²) < 4.78 is 40.2. The molecule has 0 aromatic heterocycles. The maximum atomic E-state index is 13.1. The van der Waals surface area contributed by atoms with Gasteiger partial charge in [0.05, 0.1) is 5.69 Å².